The fraction of sp³-hybridized carbons (Fsp3) is 0.214. The second-order valence-corrected chi connectivity index (χ2v) is 4.11. The summed E-state index contributed by atoms with van der Waals surface area (Å²) < 4.78 is 0. The van der Waals surface area contributed by atoms with Gasteiger partial charge >= 0.3 is 0 Å². The van der Waals surface area contributed by atoms with Crippen LogP contribution in [0.5, 0.6) is 0 Å². The Morgan fingerprint density at radius 1 is 1.11 bits per heavy atom. The average molecular weight is 241 g/mol. The van der Waals surface area contributed by atoms with Crippen molar-refractivity contribution >= 4 is 5.91 Å². The lowest BCUT2D eigenvalue weighted by Gasteiger charge is -2.04. The lowest BCUT2D eigenvalue weighted by molar-refractivity contribution is -0.120. The van der Waals surface area contributed by atoms with E-state index in [9.17, 15) is 4.79 Å². The normalized spacial score (nSPS) is 10.1. The molecule has 2 rings (SSSR count). The number of hydrogen-bond acceptors (Lipinski definition) is 3. The molecule has 4 heteroatoms. The average Bonchev–Trinajstić information content (AvgIpc) is 2.39. The molecule has 0 unspecified atom stereocenters. The molecule has 1 heterocycles. The molecule has 0 radical (unpaired) electrons. The van der Waals surface area contributed by atoms with E-state index < -0.39 is 0 Å². The highest BCUT2D eigenvalue weighted by molar-refractivity contribution is 5.78. The second-order valence-electron chi connectivity index (χ2n) is 4.11. The van der Waals surface area contributed by atoms with Crippen LogP contribution in [0.25, 0.3) is 0 Å². The third kappa shape index (κ3) is 3.66. The zero-order chi connectivity index (χ0) is 12.8. The number of amides is 1. The molecular formula is C14H15N3O. The highest BCUT2D eigenvalue weighted by Gasteiger charge is 2.03. The van der Waals surface area contributed by atoms with Gasteiger partial charge in [-0.2, -0.15) is 10.2 Å². The molecule has 0 atom stereocenters. The van der Waals surface area contributed by atoms with Crippen molar-refractivity contribution in [2.24, 2.45) is 0 Å². The van der Waals surface area contributed by atoms with Crippen LogP contribution >= 0.6 is 0 Å². The zero-order valence-electron chi connectivity index (χ0n) is 10.3. The molecule has 0 saturated carbocycles. The molecule has 1 aromatic carbocycles. The number of carbonyl (C=O) groups is 1. The van der Waals surface area contributed by atoms with Crippen LogP contribution in [-0.4, -0.2) is 16.1 Å². The molecule has 0 fully saturated rings. The van der Waals surface area contributed by atoms with Crippen LogP contribution in [-0.2, 0) is 17.8 Å². The van der Waals surface area contributed by atoms with Crippen molar-refractivity contribution in [1.82, 2.24) is 15.5 Å². The van der Waals surface area contributed by atoms with Gasteiger partial charge in [0.1, 0.15) is 0 Å². The molecule has 92 valence electrons. The number of carbonyl (C=O) groups excluding carboxylic acids is 1. The Bertz CT molecular complexity index is 508. The highest BCUT2D eigenvalue weighted by Crippen LogP contribution is 2.00. The van der Waals surface area contributed by atoms with E-state index in [1.807, 2.05) is 49.4 Å². The van der Waals surface area contributed by atoms with Crippen molar-refractivity contribution in [2.75, 3.05) is 0 Å². The maximum Gasteiger partial charge on any atom is 0.224 e. The Hall–Kier alpha value is -2.23. The summed E-state index contributed by atoms with van der Waals surface area (Å²) in [5.41, 5.74) is 2.64. The molecule has 0 aliphatic rings. The third-order valence-corrected chi connectivity index (χ3v) is 2.53. The minimum Gasteiger partial charge on any atom is -0.350 e. The summed E-state index contributed by atoms with van der Waals surface area (Å²) in [6, 6.07) is 13.4. The first-order valence-electron chi connectivity index (χ1n) is 5.84. The molecule has 0 spiro atoms. The van der Waals surface area contributed by atoms with Gasteiger partial charge in [0, 0.05) is 0 Å². The van der Waals surface area contributed by atoms with Crippen LogP contribution < -0.4 is 5.32 Å². The first-order valence-corrected chi connectivity index (χ1v) is 5.84. The summed E-state index contributed by atoms with van der Waals surface area (Å²) in [5.74, 6) is -0.0106. The lowest BCUT2D eigenvalue weighted by atomic mass is 10.1. The molecular weight excluding hydrogens is 226 g/mol. The van der Waals surface area contributed by atoms with Gasteiger partial charge in [0.05, 0.1) is 24.4 Å². The van der Waals surface area contributed by atoms with Crippen molar-refractivity contribution in [1.29, 1.82) is 0 Å². The molecule has 18 heavy (non-hydrogen) atoms. The largest absolute Gasteiger partial charge is 0.350 e. The highest BCUT2D eigenvalue weighted by atomic mass is 16.1. The summed E-state index contributed by atoms with van der Waals surface area (Å²) in [7, 11) is 0. The van der Waals surface area contributed by atoms with Crippen LogP contribution in [0, 0.1) is 6.92 Å². The van der Waals surface area contributed by atoms with Crippen molar-refractivity contribution in [3.63, 3.8) is 0 Å². The van der Waals surface area contributed by atoms with Gasteiger partial charge in [-0.1, -0.05) is 30.3 Å². The van der Waals surface area contributed by atoms with Gasteiger partial charge in [0.25, 0.3) is 0 Å². The fourth-order valence-electron chi connectivity index (χ4n) is 1.55. The van der Waals surface area contributed by atoms with Crippen LogP contribution in [0.4, 0.5) is 0 Å². The second kappa shape index (κ2) is 5.91. The molecule has 0 bridgehead atoms. The van der Waals surface area contributed by atoms with Gasteiger partial charge in [-0.25, -0.2) is 0 Å². The number of aryl methyl sites for hydroxylation is 1. The van der Waals surface area contributed by atoms with E-state index >= 15 is 0 Å². The summed E-state index contributed by atoms with van der Waals surface area (Å²) in [5, 5.41) is 10.8. The van der Waals surface area contributed by atoms with Gasteiger partial charge in [-0.15, -0.1) is 0 Å². The predicted octanol–water partition coefficient (Wildman–Crippen LogP) is 1.64. The van der Waals surface area contributed by atoms with Crippen molar-refractivity contribution in [3.05, 3.63) is 59.4 Å². The molecule has 0 saturated heterocycles. The van der Waals surface area contributed by atoms with E-state index in [1.165, 1.54) is 0 Å². The zero-order valence-corrected chi connectivity index (χ0v) is 10.3. The Morgan fingerprint density at radius 2 is 1.89 bits per heavy atom. The molecule has 1 amide bonds. The van der Waals surface area contributed by atoms with Gasteiger partial charge in [-0.05, 0) is 24.6 Å². The molecule has 1 aromatic heterocycles. The number of nitrogens with zero attached hydrogens (tertiary/aromatic N) is 2. The van der Waals surface area contributed by atoms with Gasteiger partial charge < -0.3 is 5.32 Å². The monoisotopic (exact) mass is 241 g/mol. The van der Waals surface area contributed by atoms with Crippen molar-refractivity contribution in [2.45, 2.75) is 19.9 Å². The quantitative estimate of drug-likeness (QED) is 0.885. The molecule has 1 N–H and O–H groups in total. The van der Waals surface area contributed by atoms with Crippen LogP contribution in [0.3, 0.4) is 0 Å². The van der Waals surface area contributed by atoms with E-state index in [0.717, 1.165) is 17.0 Å². The minimum absolute atomic E-state index is 0.0106. The number of rotatable bonds is 4. The maximum atomic E-state index is 11.7. The standard InChI is InChI=1S/C14H15N3O/c1-11-7-8-13(17-16-11)10-15-14(18)9-12-5-3-2-4-6-12/h2-8H,9-10H2,1H3,(H,15,18). The predicted molar refractivity (Wildman–Crippen MR) is 68.8 cm³/mol. The first kappa shape index (κ1) is 12.2. The summed E-state index contributed by atoms with van der Waals surface area (Å²) in [4.78, 5) is 11.7. The molecule has 4 nitrogen and oxygen atoms in total. The van der Waals surface area contributed by atoms with Crippen LogP contribution in [0.2, 0.25) is 0 Å². The number of hydrogen-bond donors (Lipinski definition) is 1. The Morgan fingerprint density at radius 3 is 2.56 bits per heavy atom. The smallest absolute Gasteiger partial charge is 0.224 e. The minimum atomic E-state index is -0.0106. The fourth-order valence-corrected chi connectivity index (χ4v) is 1.55. The number of benzene rings is 1. The molecule has 0 aliphatic heterocycles. The van der Waals surface area contributed by atoms with E-state index in [0.29, 0.717) is 13.0 Å². The summed E-state index contributed by atoms with van der Waals surface area (Å²) in [6.07, 6.45) is 0.389. The van der Waals surface area contributed by atoms with E-state index in [-0.39, 0.29) is 5.91 Å². The number of aromatic nitrogens is 2. The maximum absolute atomic E-state index is 11.7. The van der Waals surface area contributed by atoms with E-state index in [4.69, 9.17) is 0 Å². The van der Waals surface area contributed by atoms with E-state index in [2.05, 4.69) is 15.5 Å². The Balaban J connectivity index is 1.83. The van der Waals surface area contributed by atoms with Gasteiger partial charge in [0.15, 0.2) is 0 Å². The van der Waals surface area contributed by atoms with Gasteiger partial charge in [-0.3, -0.25) is 4.79 Å². The van der Waals surface area contributed by atoms with Crippen molar-refractivity contribution in [3.8, 4) is 0 Å². The lowest BCUT2D eigenvalue weighted by Crippen LogP contribution is -2.25. The van der Waals surface area contributed by atoms with E-state index in [1.54, 1.807) is 0 Å². The Kier molecular flexibility index (Phi) is 4.02. The molecule has 2 aromatic rings. The summed E-state index contributed by atoms with van der Waals surface area (Å²) >= 11 is 0. The van der Waals surface area contributed by atoms with Crippen LogP contribution in [0.1, 0.15) is 17.0 Å². The topological polar surface area (TPSA) is 54.9 Å². The van der Waals surface area contributed by atoms with Crippen molar-refractivity contribution < 1.29 is 4.79 Å². The van der Waals surface area contributed by atoms with Crippen LogP contribution in [0.15, 0.2) is 42.5 Å². The Labute approximate surface area is 106 Å². The number of nitrogens with one attached hydrogen (secondary N) is 1. The molecule has 0 aliphatic carbocycles. The third-order valence-electron chi connectivity index (χ3n) is 2.53. The SMILES string of the molecule is Cc1ccc(CNC(=O)Cc2ccccc2)nn1. The first-order chi connectivity index (χ1) is 8.74. The summed E-state index contributed by atoms with van der Waals surface area (Å²) in [6.45, 7) is 2.30. The van der Waals surface area contributed by atoms with Gasteiger partial charge in [0.2, 0.25) is 5.91 Å².